The minimum Gasteiger partial charge on any atom is -0.329 e. The molecule has 3 nitrogen and oxygen atoms in total. The lowest BCUT2D eigenvalue weighted by Gasteiger charge is -2.45. The molecule has 2 saturated heterocycles. The quantitative estimate of drug-likeness (QED) is 0.865. The van der Waals surface area contributed by atoms with E-state index in [1.165, 1.54) is 31.2 Å². The van der Waals surface area contributed by atoms with Crippen molar-refractivity contribution in [2.75, 3.05) is 13.6 Å². The molecule has 0 saturated carbocycles. The van der Waals surface area contributed by atoms with E-state index >= 15 is 0 Å². The minimum atomic E-state index is 0.147. The van der Waals surface area contributed by atoms with Gasteiger partial charge in [0, 0.05) is 30.7 Å². The number of fused-ring (bicyclic) bond motifs is 2. The normalized spacial score (nSPS) is 34.6. The van der Waals surface area contributed by atoms with Crippen LogP contribution in [0.1, 0.15) is 31.2 Å². The molecule has 2 aliphatic rings. The molecule has 104 valence electrons. The molecule has 2 fully saturated rings. The SMILES string of the molecule is CN1C2CCC1CC(CN)(NCc1ccccc1)C2. The summed E-state index contributed by atoms with van der Waals surface area (Å²) < 4.78 is 0. The van der Waals surface area contributed by atoms with E-state index in [0.717, 1.165) is 25.2 Å². The molecule has 2 atom stereocenters. The third-order valence-electron chi connectivity index (χ3n) is 5.14. The molecule has 3 heteroatoms. The minimum absolute atomic E-state index is 0.147. The lowest BCUT2D eigenvalue weighted by atomic mass is 9.82. The summed E-state index contributed by atoms with van der Waals surface area (Å²) in [6, 6.07) is 12.1. The zero-order valence-electron chi connectivity index (χ0n) is 11.8. The Morgan fingerprint density at radius 3 is 2.42 bits per heavy atom. The fourth-order valence-corrected chi connectivity index (χ4v) is 3.84. The first-order valence-electron chi connectivity index (χ1n) is 7.43. The third kappa shape index (κ3) is 2.55. The van der Waals surface area contributed by atoms with Gasteiger partial charge in [-0.1, -0.05) is 30.3 Å². The van der Waals surface area contributed by atoms with Crippen LogP contribution in [-0.2, 0) is 6.54 Å². The van der Waals surface area contributed by atoms with E-state index in [2.05, 4.69) is 47.6 Å². The Hall–Kier alpha value is -0.900. The molecule has 0 aromatic heterocycles. The van der Waals surface area contributed by atoms with E-state index in [0.29, 0.717) is 0 Å². The molecule has 0 amide bonds. The zero-order valence-corrected chi connectivity index (χ0v) is 11.8. The topological polar surface area (TPSA) is 41.3 Å². The van der Waals surface area contributed by atoms with Gasteiger partial charge in [-0.05, 0) is 38.3 Å². The zero-order chi connectivity index (χ0) is 13.3. The molecular formula is C16H25N3. The van der Waals surface area contributed by atoms with E-state index in [-0.39, 0.29) is 5.54 Å². The van der Waals surface area contributed by atoms with Gasteiger partial charge in [-0.2, -0.15) is 0 Å². The maximum absolute atomic E-state index is 6.12. The van der Waals surface area contributed by atoms with Crippen LogP contribution in [0.5, 0.6) is 0 Å². The van der Waals surface area contributed by atoms with Gasteiger partial charge in [0.2, 0.25) is 0 Å². The standard InChI is InChI=1S/C16H25N3/c1-19-14-7-8-15(19)10-16(9-14,12-17)18-11-13-5-3-2-4-6-13/h2-6,14-15,18H,7-12,17H2,1H3. The predicted molar refractivity (Wildman–Crippen MR) is 78.9 cm³/mol. The van der Waals surface area contributed by atoms with Gasteiger partial charge in [0.05, 0.1) is 0 Å². The van der Waals surface area contributed by atoms with Crippen LogP contribution in [0, 0.1) is 0 Å². The van der Waals surface area contributed by atoms with E-state index < -0.39 is 0 Å². The molecule has 1 aromatic rings. The predicted octanol–water partition coefficient (Wildman–Crippen LogP) is 1.73. The Kier molecular flexibility index (Phi) is 3.61. The first-order chi connectivity index (χ1) is 9.22. The number of hydrogen-bond acceptors (Lipinski definition) is 3. The number of benzene rings is 1. The van der Waals surface area contributed by atoms with Gasteiger partial charge in [-0.15, -0.1) is 0 Å². The Balaban J connectivity index is 1.67. The van der Waals surface area contributed by atoms with Crippen LogP contribution in [0.15, 0.2) is 30.3 Å². The van der Waals surface area contributed by atoms with Crippen molar-refractivity contribution in [1.29, 1.82) is 0 Å². The van der Waals surface area contributed by atoms with Crippen LogP contribution in [0.4, 0.5) is 0 Å². The van der Waals surface area contributed by atoms with Gasteiger partial charge >= 0.3 is 0 Å². The summed E-state index contributed by atoms with van der Waals surface area (Å²) in [6.45, 7) is 1.68. The molecule has 0 aliphatic carbocycles. The molecule has 3 N–H and O–H groups in total. The van der Waals surface area contributed by atoms with Crippen molar-refractivity contribution in [3.05, 3.63) is 35.9 Å². The van der Waals surface area contributed by atoms with Crippen molar-refractivity contribution in [1.82, 2.24) is 10.2 Å². The molecule has 3 rings (SSSR count). The number of nitrogens with one attached hydrogen (secondary N) is 1. The summed E-state index contributed by atoms with van der Waals surface area (Å²) in [4.78, 5) is 2.57. The average Bonchev–Trinajstić information content (AvgIpc) is 2.68. The molecule has 1 aromatic carbocycles. The molecule has 2 unspecified atom stereocenters. The molecular weight excluding hydrogens is 234 g/mol. The first-order valence-corrected chi connectivity index (χ1v) is 7.43. The van der Waals surface area contributed by atoms with Crippen LogP contribution in [0.3, 0.4) is 0 Å². The number of hydrogen-bond donors (Lipinski definition) is 2. The maximum atomic E-state index is 6.12. The maximum Gasteiger partial charge on any atom is 0.0336 e. The molecule has 0 radical (unpaired) electrons. The highest BCUT2D eigenvalue weighted by atomic mass is 15.2. The number of nitrogens with two attached hydrogens (primary N) is 1. The van der Waals surface area contributed by atoms with Crippen molar-refractivity contribution >= 4 is 0 Å². The van der Waals surface area contributed by atoms with Gasteiger partial charge in [0.1, 0.15) is 0 Å². The van der Waals surface area contributed by atoms with Crippen molar-refractivity contribution in [2.45, 2.75) is 49.9 Å². The molecule has 2 aliphatic heterocycles. The molecule has 0 spiro atoms. The Morgan fingerprint density at radius 2 is 1.84 bits per heavy atom. The summed E-state index contributed by atoms with van der Waals surface area (Å²) in [6.07, 6.45) is 5.08. The van der Waals surface area contributed by atoms with E-state index in [9.17, 15) is 0 Å². The fraction of sp³-hybridized carbons (Fsp3) is 0.625. The summed E-state index contributed by atoms with van der Waals surface area (Å²) in [5.41, 5.74) is 7.61. The lowest BCUT2D eigenvalue weighted by molar-refractivity contribution is 0.0934. The van der Waals surface area contributed by atoms with Crippen LogP contribution >= 0.6 is 0 Å². The summed E-state index contributed by atoms with van der Waals surface area (Å²) in [5, 5.41) is 3.77. The van der Waals surface area contributed by atoms with Gasteiger partial charge in [-0.3, -0.25) is 0 Å². The highest BCUT2D eigenvalue weighted by Crippen LogP contribution is 2.39. The first kappa shape index (κ1) is 13.1. The second kappa shape index (κ2) is 5.23. The monoisotopic (exact) mass is 259 g/mol. The number of rotatable bonds is 4. The van der Waals surface area contributed by atoms with Crippen LogP contribution in [0.25, 0.3) is 0 Å². The second-order valence-electron chi connectivity index (χ2n) is 6.28. The van der Waals surface area contributed by atoms with Crippen molar-refractivity contribution in [3.8, 4) is 0 Å². The van der Waals surface area contributed by atoms with Crippen molar-refractivity contribution in [3.63, 3.8) is 0 Å². The lowest BCUT2D eigenvalue weighted by Crippen LogP contribution is -2.60. The molecule has 19 heavy (non-hydrogen) atoms. The van der Waals surface area contributed by atoms with Gasteiger partial charge in [-0.25, -0.2) is 0 Å². The van der Waals surface area contributed by atoms with Crippen LogP contribution in [-0.4, -0.2) is 36.1 Å². The Bertz CT molecular complexity index is 403. The fourth-order valence-electron chi connectivity index (χ4n) is 3.84. The summed E-state index contributed by atoms with van der Waals surface area (Å²) >= 11 is 0. The Labute approximate surface area is 116 Å². The van der Waals surface area contributed by atoms with Crippen molar-refractivity contribution in [2.24, 2.45) is 5.73 Å². The van der Waals surface area contributed by atoms with E-state index in [1.54, 1.807) is 0 Å². The largest absolute Gasteiger partial charge is 0.329 e. The average molecular weight is 259 g/mol. The van der Waals surface area contributed by atoms with E-state index in [4.69, 9.17) is 5.73 Å². The van der Waals surface area contributed by atoms with Crippen molar-refractivity contribution < 1.29 is 0 Å². The summed E-state index contributed by atoms with van der Waals surface area (Å²) in [7, 11) is 2.28. The van der Waals surface area contributed by atoms with Crippen LogP contribution < -0.4 is 11.1 Å². The third-order valence-corrected chi connectivity index (χ3v) is 5.14. The summed E-state index contributed by atoms with van der Waals surface area (Å²) in [5.74, 6) is 0. The number of nitrogens with zero attached hydrogens (tertiary/aromatic N) is 1. The Morgan fingerprint density at radius 1 is 1.21 bits per heavy atom. The van der Waals surface area contributed by atoms with Gasteiger partial charge < -0.3 is 16.0 Å². The van der Waals surface area contributed by atoms with Gasteiger partial charge in [0.15, 0.2) is 0 Å². The highest BCUT2D eigenvalue weighted by Gasteiger charge is 2.45. The number of piperidine rings is 1. The highest BCUT2D eigenvalue weighted by molar-refractivity contribution is 5.15. The van der Waals surface area contributed by atoms with E-state index in [1.807, 2.05) is 0 Å². The van der Waals surface area contributed by atoms with Gasteiger partial charge in [0.25, 0.3) is 0 Å². The molecule has 2 heterocycles. The second-order valence-corrected chi connectivity index (χ2v) is 6.28. The molecule has 2 bridgehead atoms. The smallest absolute Gasteiger partial charge is 0.0336 e. The van der Waals surface area contributed by atoms with Crippen LogP contribution in [0.2, 0.25) is 0 Å².